The van der Waals surface area contributed by atoms with Crippen molar-refractivity contribution in [2.45, 2.75) is 6.92 Å². The number of carbonyl (C=O) groups excluding carboxylic acids is 1. The van der Waals surface area contributed by atoms with E-state index >= 15 is 0 Å². The summed E-state index contributed by atoms with van der Waals surface area (Å²) in [5.41, 5.74) is 2.91. The van der Waals surface area contributed by atoms with Crippen molar-refractivity contribution in [3.63, 3.8) is 0 Å². The van der Waals surface area contributed by atoms with Gasteiger partial charge in [-0.15, -0.1) is 0 Å². The third-order valence-corrected chi connectivity index (χ3v) is 1.95. The molecule has 1 aromatic carbocycles. The fourth-order valence-electron chi connectivity index (χ4n) is 1.27. The van der Waals surface area contributed by atoms with Gasteiger partial charge in [0.1, 0.15) is 0 Å². The van der Waals surface area contributed by atoms with E-state index in [9.17, 15) is 4.79 Å². The van der Waals surface area contributed by atoms with E-state index in [0.717, 1.165) is 16.6 Å². The second-order valence-electron chi connectivity index (χ2n) is 3.12. The number of rotatable bonds is 2. The number of nitrogens with one attached hydrogen (secondary N) is 1. The first-order valence-corrected chi connectivity index (χ1v) is 4.37. The Morgan fingerprint density at radius 3 is 3.14 bits per heavy atom. The van der Waals surface area contributed by atoms with Gasteiger partial charge in [-0.1, -0.05) is 12.1 Å². The first kappa shape index (κ1) is 8.69. The standard InChI is InChI=1S/C11H10N2O/c1-8(14)2-3-9-4-5-10-11(6-9)13-7-12-10/h2-7H,1H3,(H,12,13). The summed E-state index contributed by atoms with van der Waals surface area (Å²) in [7, 11) is 0. The Morgan fingerprint density at radius 2 is 2.36 bits per heavy atom. The van der Waals surface area contributed by atoms with E-state index in [4.69, 9.17) is 0 Å². The largest absolute Gasteiger partial charge is 0.345 e. The Morgan fingerprint density at radius 1 is 1.50 bits per heavy atom. The van der Waals surface area contributed by atoms with Gasteiger partial charge in [0, 0.05) is 0 Å². The number of allylic oxidation sites excluding steroid dienone is 1. The molecule has 2 rings (SSSR count). The number of benzene rings is 1. The highest BCUT2D eigenvalue weighted by Gasteiger charge is 1.95. The van der Waals surface area contributed by atoms with Crippen LogP contribution in [0.1, 0.15) is 12.5 Å². The quantitative estimate of drug-likeness (QED) is 0.730. The highest BCUT2D eigenvalue weighted by molar-refractivity contribution is 5.92. The van der Waals surface area contributed by atoms with Gasteiger partial charge < -0.3 is 4.98 Å². The second-order valence-corrected chi connectivity index (χ2v) is 3.12. The Kier molecular flexibility index (Phi) is 2.14. The van der Waals surface area contributed by atoms with Crippen molar-refractivity contribution in [3.05, 3.63) is 36.2 Å². The van der Waals surface area contributed by atoms with Crippen molar-refractivity contribution in [2.75, 3.05) is 0 Å². The number of imidazole rings is 1. The molecular formula is C11H10N2O. The highest BCUT2D eigenvalue weighted by atomic mass is 16.1. The van der Waals surface area contributed by atoms with Crippen molar-refractivity contribution < 1.29 is 4.79 Å². The van der Waals surface area contributed by atoms with Crippen LogP contribution in [0.2, 0.25) is 0 Å². The minimum atomic E-state index is 0.0507. The zero-order valence-corrected chi connectivity index (χ0v) is 7.82. The van der Waals surface area contributed by atoms with Crippen LogP contribution in [0, 0.1) is 0 Å². The van der Waals surface area contributed by atoms with Gasteiger partial charge in [-0.3, -0.25) is 4.79 Å². The number of H-pyrrole nitrogens is 1. The molecule has 0 saturated heterocycles. The average Bonchev–Trinajstić information content (AvgIpc) is 2.61. The van der Waals surface area contributed by atoms with Crippen LogP contribution in [0.15, 0.2) is 30.6 Å². The van der Waals surface area contributed by atoms with Crippen LogP contribution >= 0.6 is 0 Å². The average molecular weight is 186 g/mol. The summed E-state index contributed by atoms with van der Waals surface area (Å²) in [4.78, 5) is 17.8. The highest BCUT2D eigenvalue weighted by Crippen LogP contribution is 2.12. The number of nitrogens with zero attached hydrogens (tertiary/aromatic N) is 1. The van der Waals surface area contributed by atoms with E-state index in [1.165, 1.54) is 6.92 Å². The lowest BCUT2D eigenvalue weighted by molar-refractivity contribution is -0.112. The molecule has 0 radical (unpaired) electrons. The molecule has 0 unspecified atom stereocenters. The molecule has 0 bridgehead atoms. The summed E-state index contributed by atoms with van der Waals surface area (Å²) in [5.74, 6) is 0.0507. The van der Waals surface area contributed by atoms with E-state index in [1.807, 2.05) is 18.2 Å². The molecule has 0 spiro atoms. The number of hydrogen-bond donors (Lipinski definition) is 1. The first-order valence-electron chi connectivity index (χ1n) is 4.37. The van der Waals surface area contributed by atoms with E-state index in [1.54, 1.807) is 18.5 Å². The minimum absolute atomic E-state index is 0.0507. The summed E-state index contributed by atoms with van der Waals surface area (Å²) in [6.07, 6.45) is 5.00. The fourth-order valence-corrected chi connectivity index (χ4v) is 1.27. The zero-order valence-electron chi connectivity index (χ0n) is 7.82. The topological polar surface area (TPSA) is 45.8 Å². The van der Waals surface area contributed by atoms with Gasteiger partial charge in [-0.2, -0.15) is 0 Å². The lowest BCUT2D eigenvalue weighted by Gasteiger charge is -1.92. The number of carbonyl (C=O) groups is 1. The molecule has 1 heterocycles. The summed E-state index contributed by atoms with van der Waals surface area (Å²) in [6.45, 7) is 1.53. The fraction of sp³-hybridized carbons (Fsp3) is 0.0909. The van der Waals surface area contributed by atoms with Crippen LogP contribution in [-0.2, 0) is 4.79 Å². The zero-order chi connectivity index (χ0) is 9.97. The second kappa shape index (κ2) is 3.46. The van der Waals surface area contributed by atoms with Crippen LogP contribution < -0.4 is 0 Å². The lowest BCUT2D eigenvalue weighted by Crippen LogP contribution is -1.80. The maximum absolute atomic E-state index is 10.7. The van der Waals surface area contributed by atoms with Crippen LogP contribution in [-0.4, -0.2) is 15.8 Å². The molecule has 2 aromatic rings. The van der Waals surface area contributed by atoms with Crippen LogP contribution in [0.3, 0.4) is 0 Å². The van der Waals surface area contributed by atoms with Crippen LogP contribution in [0.5, 0.6) is 0 Å². The molecule has 0 amide bonds. The van der Waals surface area contributed by atoms with E-state index in [2.05, 4.69) is 9.97 Å². The molecule has 0 aliphatic carbocycles. The molecule has 70 valence electrons. The third kappa shape index (κ3) is 1.71. The van der Waals surface area contributed by atoms with Gasteiger partial charge in [-0.05, 0) is 30.7 Å². The maximum Gasteiger partial charge on any atom is 0.152 e. The normalized spacial score (nSPS) is 11.2. The summed E-state index contributed by atoms with van der Waals surface area (Å²) < 4.78 is 0. The predicted octanol–water partition coefficient (Wildman–Crippen LogP) is 2.17. The molecule has 1 N–H and O–H groups in total. The molecule has 3 nitrogen and oxygen atoms in total. The van der Waals surface area contributed by atoms with Crippen molar-refractivity contribution >= 4 is 22.9 Å². The van der Waals surface area contributed by atoms with Crippen molar-refractivity contribution in [1.82, 2.24) is 9.97 Å². The SMILES string of the molecule is CC(=O)C=Cc1ccc2nc[nH]c2c1. The van der Waals surface area contributed by atoms with E-state index in [0.29, 0.717) is 0 Å². The maximum atomic E-state index is 10.7. The van der Waals surface area contributed by atoms with Crippen molar-refractivity contribution in [2.24, 2.45) is 0 Å². The minimum Gasteiger partial charge on any atom is -0.345 e. The van der Waals surface area contributed by atoms with Crippen LogP contribution in [0.4, 0.5) is 0 Å². The van der Waals surface area contributed by atoms with Crippen molar-refractivity contribution in [1.29, 1.82) is 0 Å². The third-order valence-electron chi connectivity index (χ3n) is 1.95. The van der Waals surface area contributed by atoms with Gasteiger partial charge in [0.2, 0.25) is 0 Å². The number of hydrogen-bond acceptors (Lipinski definition) is 2. The number of aromatic nitrogens is 2. The molecule has 1 aromatic heterocycles. The molecular weight excluding hydrogens is 176 g/mol. The lowest BCUT2D eigenvalue weighted by atomic mass is 10.2. The van der Waals surface area contributed by atoms with Gasteiger partial charge in [0.25, 0.3) is 0 Å². The summed E-state index contributed by atoms with van der Waals surface area (Å²) >= 11 is 0. The Hall–Kier alpha value is -1.90. The molecule has 3 heteroatoms. The Bertz CT molecular complexity index is 497. The molecule has 14 heavy (non-hydrogen) atoms. The smallest absolute Gasteiger partial charge is 0.152 e. The summed E-state index contributed by atoms with van der Waals surface area (Å²) in [5, 5.41) is 0. The van der Waals surface area contributed by atoms with Crippen molar-refractivity contribution in [3.8, 4) is 0 Å². The molecule has 0 fully saturated rings. The predicted molar refractivity (Wildman–Crippen MR) is 55.8 cm³/mol. The Balaban J connectivity index is 2.39. The molecule has 0 saturated carbocycles. The first-order chi connectivity index (χ1) is 6.75. The van der Waals surface area contributed by atoms with Gasteiger partial charge in [0.15, 0.2) is 5.78 Å². The number of aromatic amines is 1. The van der Waals surface area contributed by atoms with Gasteiger partial charge >= 0.3 is 0 Å². The molecule has 0 aliphatic heterocycles. The van der Waals surface area contributed by atoms with Gasteiger partial charge in [-0.25, -0.2) is 4.98 Å². The van der Waals surface area contributed by atoms with Gasteiger partial charge in [0.05, 0.1) is 17.4 Å². The monoisotopic (exact) mass is 186 g/mol. The van der Waals surface area contributed by atoms with E-state index in [-0.39, 0.29) is 5.78 Å². The molecule has 0 atom stereocenters. The Labute approximate surface area is 81.5 Å². The van der Waals surface area contributed by atoms with Crippen LogP contribution in [0.25, 0.3) is 17.1 Å². The molecule has 0 aliphatic rings. The van der Waals surface area contributed by atoms with E-state index < -0.39 is 0 Å². The number of fused-ring (bicyclic) bond motifs is 1. The number of ketones is 1. The summed E-state index contributed by atoms with van der Waals surface area (Å²) in [6, 6.07) is 5.82.